The smallest absolute Gasteiger partial charge is 0.253 e. The van der Waals surface area contributed by atoms with Crippen LogP contribution in [-0.4, -0.2) is 17.4 Å². The second-order valence-electron chi connectivity index (χ2n) is 4.45. The van der Waals surface area contributed by atoms with Crippen molar-refractivity contribution in [2.24, 2.45) is 0 Å². The van der Waals surface area contributed by atoms with Crippen molar-refractivity contribution in [3.63, 3.8) is 0 Å². The van der Waals surface area contributed by atoms with Crippen molar-refractivity contribution in [2.45, 2.75) is 26.8 Å². The minimum atomic E-state index is -0.424. The Bertz CT molecular complexity index is 627. The quantitative estimate of drug-likeness (QED) is 0.861. The summed E-state index contributed by atoms with van der Waals surface area (Å²) < 4.78 is 13.8. The lowest BCUT2D eigenvalue weighted by molar-refractivity contribution is 0.0951. The van der Waals surface area contributed by atoms with Gasteiger partial charge < -0.3 is 10.6 Å². The highest BCUT2D eigenvalue weighted by atomic mass is 32.1. The number of aromatic nitrogens is 1. The number of para-hydroxylation sites is 1. The minimum Gasteiger partial charge on any atom is -0.382 e. The molecule has 6 heteroatoms. The van der Waals surface area contributed by atoms with E-state index in [4.69, 9.17) is 0 Å². The van der Waals surface area contributed by atoms with Crippen molar-refractivity contribution in [3.05, 3.63) is 45.7 Å². The van der Waals surface area contributed by atoms with Crippen molar-refractivity contribution < 1.29 is 9.18 Å². The third-order valence-corrected chi connectivity index (χ3v) is 4.10. The first-order valence-corrected chi connectivity index (χ1v) is 7.71. The molecule has 2 rings (SSSR count). The third kappa shape index (κ3) is 3.78. The monoisotopic (exact) mass is 307 g/mol. The van der Waals surface area contributed by atoms with Crippen LogP contribution >= 0.6 is 11.3 Å². The number of aryl methyl sites for hydroxylation is 1. The van der Waals surface area contributed by atoms with Crippen molar-refractivity contribution in [1.29, 1.82) is 0 Å². The topological polar surface area (TPSA) is 54.0 Å². The molecular formula is C15H18FN3OS. The fourth-order valence-electron chi connectivity index (χ4n) is 1.91. The SMILES string of the molecule is CCNc1c(F)cccc1C(=O)NCc1ncc(CC)s1. The Kier molecular flexibility index (Phi) is 5.27. The van der Waals surface area contributed by atoms with Crippen LogP contribution in [0.5, 0.6) is 0 Å². The van der Waals surface area contributed by atoms with Crippen LogP contribution in [0.25, 0.3) is 0 Å². The summed E-state index contributed by atoms with van der Waals surface area (Å²) in [7, 11) is 0. The Hall–Kier alpha value is -1.95. The van der Waals surface area contributed by atoms with Gasteiger partial charge in [-0.2, -0.15) is 0 Å². The first kappa shape index (κ1) is 15.4. The van der Waals surface area contributed by atoms with Crippen molar-refractivity contribution >= 4 is 22.9 Å². The van der Waals surface area contributed by atoms with E-state index < -0.39 is 5.82 Å². The summed E-state index contributed by atoms with van der Waals surface area (Å²) in [6.07, 6.45) is 2.75. The van der Waals surface area contributed by atoms with Gasteiger partial charge in [0.15, 0.2) is 0 Å². The molecule has 0 aliphatic carbocycles. The molecule has 0 aliphatic rings. The highest BCUT2D eigenvalue weighted by Gasteiger charge is 2.14. The molecule has 0 saturated heterocycles. The number of hydrogen-bond donors (Lipinski definition) is 2. The summed E-state index contributed by atoms with van der Waals surface area (Å²) in [5.41, 5.74) is 0.551. The highest BCUT2D eigenvalue weighted by molar-refractivity contribution is 7.11. The molecule has 21 heavy (non-hydrogen) atoms. The van der Waals surface area contributed by atoms with Crippen LogP contribution < -0.4 is 10.6 Å². The lowest BCUT2D eigenvalue weighted by Gasteiger charge is -2.11. The maximum atomic E-state index is 13.8. The zero-order chi connectivity index (χ0) is 15.2. The number of nitrogens with one attached hydrogen (secondary N) is 2. The predicted octanol–water partition coefficient (Wildman–Crippen LogP) is 3.21. The molecule has 0 aliphatic heterocycles. The summed E-state index contributed by atoms with van der Waals surface area (Å²) in [6, 6.07) is 4.47. The van der Waals surface area contributed by atoms with Gasteiger partial charge in [-0.15, -0.1) is 11.3 Å². The normalized spacial score (nSPS) is 10.4. The Labute approximate surface area is 127 Å². The zero-order valence-corrected chi connectivity index (χ0v) is 12.9. The van der Waals surface area contributed by atoms with Gasteiger partial charge in [0.05, 0.1) is 17.8 Å². The van der Waals surface area contributed by atoms with Crippen LogP contribution in [0.1, 0.15) is 34.1 Å². The first-order valence-electron chi connectivity index (χ1n) is 6.89. The lowest BCUT2D eigenvalue weighted by atomic mass is 10.1. The van der Waals surface area contributed by atoms with Crippen LogP contribution in [0.4, 0.5) is 10.1 Å². The van der Waals surface area contributed by atoms with E-state index in [2.05, 4.69) is 22.5 Å². The van der Waals surface area contributed by atoms with Crippen LogP contribution in [-0.2, 0) is 13.0 Å². The fraction of sp³-hybridized carbons (Fsp3) is 0.333. The highest BCUT2D eigenvalue weighted by Crippen LogP contribution is 2.20. The van der Waals surface area contributed by atoms with Gasteiger partial charge in [-0.1, -0.05) is 13.0 Å². The van der Waals surface area contributed by atoms with E-state index in [0.29, 0.717) is 18.7 Å². The Balaban J connectivity index is 2.08. The fourth-order valence-corrected chi connectivity index (χ4v) is 2.72. The lowest BCUT2D eigenvalue weighted by Crippen LogP contribution is -2.24. The molecule has 0 fully saturated rings. The van der Waals surface area contributed by atoms with Crippen LogP contribution in [0.3, 0.4) is 0 Å². The molecule has 0 spiro atoms. The number of anilines is 1. The predicted molar refractivity (Wildman–Crippen MR) is 83.2 cm³/mol. The van der Waals surface area contributed by atoms with E-state index >= 15 is 0 Å². The Morgan fingerprint density at radius 3 is 2.86 bits per heavy atom. The molecule has 0 bridgehead atoms. The molecule has 1 aromatic heterocycles. The molecule has 4 nitrogen and oxygen atoms in total. The van der Waals surface area contributed by atoms with Crippen LogP contribution in [0.15, 0.2) is 24.4 Å². The average Bonchev–Trinajstić information content (AvgIpc) is 2.95. The van der Waals surface area contributed by atoms with Gasteiger partial charge in [0.25, 0.3) is 5.91 Å². The largest absolute Gasteiger partial charge is 0.382 e. The van der Waals surface area contributed by atoms with E-state index in [1.165, 1.54) is 17.0 Å². The molecule has 0 atom stereocenters. The van der Waals surface area contributed by atoms with Gasteiger partial charge in [-0.05, 0) is 25.5 Å². The molecule has 0 unspecified atom stereocenters. The van der Waals surface area contributed by atoms with Crippen molar-refractivity contribution in [2.75, 3.05) is 11.9 Å². The van der Waals surface area contributed by atoms with Crippen molar-refractivity contribution in [1.82, 2.24) is 10.3 Å². The summed E-state index contributed by atoms with van der Waals surface area (Å²) in [5, 5.41) is 6.52. The first-order chi connectivity index (χ1) is 10.2. The maximum absolute atomic E-state index is 13.8. The second kappa shape index (κ2) is 7.17. The minimum absolute atomic E-state index is 0.242. The number of carbonyl (C=O) groups excluding carboxylic acids is 1. The van der Waals surface area contributed by atoms with Gasteiger partial charge >= 0.3 is 0 Å². The number of hydrogen-bond acceptors (Lipinski definition) is 4. The van der Waals surface area contributed by atoms with E-state index in [1.807, 2.05) is 13.1 Å². The molecule has 112 valence electrons. The van der Waals surface area contributed by atoms with E-state index in [-0.39, 0.29) is 11.6 Å². The van der Waals surface area contributed by atoms with E-state index in [9.17, 15) is 9.18 Å². The number of nitrogens with zero attached hydrogens (tertiary/aromatic N) is 1. The molecule has 2 aromatic rings. The van der Waals surface area contributed by atoms with E-state index in [0.717, 1.165) is 11.4 Å². The van der Waals surface area contributed by atoms with Gasteiger partial charge in [-0.3, -0.25) is 4.79 Å². The average molecular weight is 307 g/mol. The van der Waals surface area contributed by atoms with Gasteiger partial charge in [0.1, 0.15) is 10.8 Å². The molecule has 2 N–H and O–H groups in total. The van der Waals surface area contributed by atoms with Crippen LogP contribution in [0.2, 0.25) is 0 Å². The summed E-state index contributed by atoms with van der Waals surface area (Å²) in [6.45, 7) is 4.82. The maximum Gasteiger partial charge on any atom is 0.253 e. The summed E-state index contributed by atoms with van der Waals surface area (Å²) in [4.78, 5) is 17.6. The molecule has 0 radical (unpaired) electrons. The van der Waals surface area contributed by atoms with Gasteiger partial charge in [0.2, 0.25) is 0 Å². The molecule has 0 saturated carbocycles. The third-order valence-electron chi connectivity index (χ3n) is 2.96. The Morgan fingerprint density at radius 2 is 2.19 bits per heavy atom. The van der Waals surface area contributed by atoms with Gasteiger partial charge in [0, 0.05) is 17.6 Å². The molecule has 1 heterocycles. The van der Waals surface area contributed by atoms with Gasteiger partial charge in [-0.25, -0.2) is 9.37 Å². The van der Waals surface area contributed by atoms with E-state index in [1.54, 1.807) is 17.4 Å². The number of halogens is 1. The zero-order valence-electron chi connectivity index (χ0n) is 12.1. The number of benzene rings is 1. The molecule has 1 aromatic carbocycles. The summed E-state index contributed by atoms with van der Waals surface area (Å²) >= 11 is 1.57. The second-order valence-corrected chi connectivity index (χ2v) is 5.65. The van der Waals surface area contributed by atoms with Crippen molar-refractivity contribution in [3.8, 4) is 0 Å². The number of thiazole rings is 1. The number of amides is 1. The number of carbonyl (C=O) groups is 1. The molecular weight excluding hydrogens is 289 g/mol. The standard InChI is InChI=1S/C15H18FN3OS/c1-3-10-8-18-13(21-10)9-19-15(20)11-6-5-7-12(16)14(11)17-4-2/h5-8,17H,3-4,9H2,1-2H3,(H,19,20). The summed E-state index contributed by atoms with van der Waals surface area (Å²) in [5.74, 6) is -0.731. The van der Waals surface area contributed by atoms with Crippen LogP contribution in [0, 0.1) is 5.82 Å². The molecule has 1 amide bonds. The number of rotatable bonds is 6. The Morgan fingerprint density at radius 1 is 1.38 bits per heavy atom.